The molecule has 4 N–H and O–H groups in total. The number of carbonyl (C=O) groups is 1. The molecule has 0 bridgehead atoms. The highest BCUT2D eigenvalue weighted by Gasteiger charge is 2.07. The quantitative estimate of drug-likeness (QED) is 0.401. The zero-order chi connectivity index (χ0) is 22.2. The van der Waals surface area contributed by atoms with Crippen LogP contribution in [0.3, 0.4) is 0 Å². The molecule has 160 valence electrons. The Bertz CT molecular complexity index is 1180. The number of urea groups is 1. The first-order chi connectivity index (χ1) is 15.7. The van der Waals surface area contributed by atoms with Gasteiger partial charge in [0.2, 0.25) is 0 Å². The number of pyridine rings is 2. The zero-order valence-electron chi connectivity index (χ0n) is 17.4. The molecule has 7 heteroatoms. The van der Waals surface area contributed by atoms with Crippen LogP contribution >= 0.6 is 0 Å². The Kier molecular flexibility index (Phi) is 6.57. The first-order valence-electron chi connectivity index (χ1n) is 10.1. The molecule has 2 aromatic carbocycles. The predicted molar refractivity (Wildman–Crippen MR) is 125 cm³/mol. The van der Waals surface area contributed by atoms with Gasteiger partial charge in [-0.1, -0.05) is 30.3 Å². The van der Waals surface area contributed by atoms with E-state index in [1.54, 1.807) is 30.7 Å². The first-order valence-corrected chi connectivity index (χ1v) is 10.1. The number of anilines is 2. The number of benzene rings is 2. The molecule has 0 aliphatic rings. The number of nitrogen functional groups attached to an aromatic ring is 1. The summed E-state index contributed by atoms with van der Waals surface area (Å²) in [5.74, 6) is 1.18. The van der Waals surface area contributed by atoms with Crippen LogP contribution in [0.5, 0.6) is 5.75 Å². The van der Waals surface area contributed by atoms with Crippen LogP contribution < -0.4 is 21.1 Å². The van der Waals surface area contributed by atoms with Crippen LogP contribution in [0.15, 0.2) is 91.4 Å². The maximum atomic E-state index is 12.1. The van der Waals surface area contributed by atoms with Crippen molar-refractivity contribution in [3.05, 3.63) is 103 Å². The van der Waals surface area contributed by atoms with E-state index in [9.17, 15) is 4.79 Å². The number of aromatic nitrogens is 2. The van der Waals surface area contributed by atoms with Gasteiger partial charge in [0.25, 0.3) is 0 Å². The molecule has 2 amide bonds. The third kappa shape index (κ3) is 5.60. The molecule has 0 aliphatic heterocycles. The Morgan fingerprint density at radius 2 is 1.81 bits per heavy atom. The van der Waals surface area contributed by atoms with Crippen LogP contribution in [-0.2, 0) is 13.2 Å². The van der Waals surface area contributed by atoms with E-state index in [1.807, 2.05) is 60.7 Å². The summed E-state index contributed by atoms with van der Waals surface area (Å²) in [7, 11) is 0. The number of nitrogens with one attached hydrogen (secondary N) is 2. The summed E-state index contributed by atoms with van der Waals surface area (Å²) in [4.78, 5) is 20.2. The molecule has 7 nitrogen and oxygen atoms in total. The van der Waals surface area contributed by atoms with Crippen molar-refractivity contribution in [2.45, 2.75) is 13.2 Å². The lowest BCUT2D eigenvalue weighted by Gasteiger charge is -2.12. The van der Waals surface area contributed by atoms with Gasteiger partial charge < -0.3 is 21.1 Å². The molecule has 0 saturated heterocycles. The van der Waals surface area contributed by atoms with Gasteiger partial charge in [0, 0.05) is 30.8 Å². The van der Waals surface area contributed by atoms with Crippen molar-refractivity contribution in [1.82, 2.24) is 15.3 Å². The smallest absolute Gasteiger partial charge is 0.319 e. The maximum absolute atomic E-state index is 12.1. The van der Waals surface area contributed by atoms with E-state index < -0.39 is 0 Å². The number of ether oxygens (including phenoxy) is 1. The third-order valence-corrected chi connectivity index (χ3v) is 4.79. The molecule has 4 aromatic rings. The second-order valence-corrected chi connectivity index (χ2v) is 7.11. The topological polar surface area (TPSA) is 102 Å². The van der Waals surface area contributed by atoms with Crippen molar-refractivity contribution in [2.75, 3.05) is 11.1 Å². The van der Waals surface area contributed by atoms with Gasteiger partial charge >= 0.3 is 6.03 Å². The molecule has 0 atom stereocenters. The molecular formula is C25H23N5O2. The lowest BCUT2D eigenvalue weighted by Crippen LogP contribution is -2.28. The van der Waals surface area contributed by atoms with Gasteiger partial charge in [-0.05, 0) is 64.7 Å². The van der Waals surface area contributed by atoms with E-state index >= 15 is 0 Å². The van der Waals surface area contributed by atoms with Crippen molar-refractivity contribution >= 4 is 17.5 Å². The van der Waals surface area contributed by atoms with Gasteiger partial charge in [-0.2, -0.15) is 0 Å². The zero-order valence-corrected chi connectivity index (χ0v) is 17.4. The van der Waals surface area contributed by atoms with E-state index in [-0.39, 0.29) is 6.03 Å². The minimum absolute atomic E-state index is 0.284. The number of nitrogens with zero attached hydrogens (tertiary/aromatic N) is 2. The number of nitrogens with two attached hydrogens (primary N) is 1. The van der Waals surface area contributed by atoms with Gasteiger partial charge in [-0.15, -0.1) is 0 Å². The van der Waals surface area contributed by atoms with E-state index in [0.717, 1.165) is 22.3 Å². The largest absolute Gasteiger partial charge is 0.489 e. The summed E-state index contributed by atoms with van der Waals surface area (Å²) in [5.41, 5.74) is 10.5. The van der Waals surface area contributed by atoms with Crippen LogP contribution in [0.4, 0.5) is 16.3 Å². The second kappa shape index (κ2) is 10.1. The van der Waals surface area contributed by atoms with E-state index in [4.69, 9.17) is 10.5 Å². The predicted octanol–water partition coefficient (Wildman–Crippen LogP) is 4.63. The molecule has 0 fully saturated rings. The van der Waals surface area contributed by atoms with Crippen molar-refractivity contribution < 1.29 is 9.53 Å². The summed E-state index contributed by atoms with van der Waals surface area (Å²) in [6.45, 7) is 0.806. The normalized spacial score (nSPS) is 10.4. The van der Waals surface area contributed by atoms with Crippen LogP contribution in [0, 0.1) is 0 Å². The van der Waals surface area contributed by atoms with Gasteiger partial charge in [-0.25, -0.2) is 9.78 Å². The highest BCUT2D eigenvalue weighted by atomic mass is 16.5. The maximum Gasteiger partial charge on any atom is 0.319 e. The Morgan fingerprint density at radius 3 is 2.59 bits per heavy atom. The summed E-state index contributed by atoms with van der Waals surface area (Å²) in [5, 5.41) is 5.61. The lowest BCUT2D eigenvalue weighted by molar-refractivity contribution is 0.251. The number of rotatable bonds is 7. The third-order valence-electron chi connectivity index (χ3n) is 4.79. The fraction of sp³-hybridized carbons (Fsp3) is 0.0800. The molecule has 0 aliphatic carbocycles. The molecule has 2 aromatic heterocycles. The monoisotopic (exact) mass is 425 g/mol. The molecule has 2 heterocycles. The summed E-state index contributed by atoms with van der Waals surface area (Å²) >= 11 is 0. The average Bonchev–Trinajstić information content (AvgIpc) is 2.83. The number of amides is 2. The van der Waals surface area contributed by atoms with Crippen LogP contribution in [0.25, 0.3) is 11.1 Å². The highest BCUT2D eigenvalue weighted by Crippen LogP contribution is 2.26. The van der Waals surface area contributed by atoms with Crippen LogP contribution in [0.2, 0.25) is 0 Å². The summed E-state index contributed by atoms with van der Waals surface area (Å²) in [6.07, 6.45) is 5.11. The molecule has 0 unspecified atom stereocenters. The molecule has 0 spiro atoms. The van der Waals surface area contributed by atoms with Crippen LogP contribution in [-0.4, -0.2) is 16.0 Å². The van der Waals surface area contributed by atoms with Crippen molar-refractivity contribution in [2.24, 2.45) is 0 Å². The molecular weight excluding hydrogens is 402 g/mol. The van der Waals surface area contributed by atoms with E-state index in [0.29, 0.717) is 30.4 Å². The number of hydrogen-bond donors (Lipinski definition) is 3. The minimum Gasteiger partial charge on any atom is -0.489 e. The lowest BCUT2D eigenvalue weighted by atomic mass is 10.0. The minimum atomic E-state index is -0.284. The van der Waals surface area contributed by atoms with Crippen LogP contribution in [0.1, 0.15) is 11.1 Å². The molecule has 0 radical (unpaired) electrons. The Hall–Kier alpha value is -4.39. The average molecular weight is 425 g/mol. The summed E-state index contributed by atoms with van der Waals surface area (Å²) < 4.78 is 5.97. The SMILES string of the molecule is Nc1cc(-c2ccccc2COc2ccc(NC(=O)NCc3cccnc3)cc2)ccn1. The van der Waals surface area contributed by atoms with Gasteiger partial charge in [0.05, 0.1) is 0 Å². The highest BCUT2D eigenvalue weighted by molar-refractivity contribution is 5.89. The van der Waals surface area contributed by atoms with Crippen molar-refractivity contribution in [1.29, 1.82) is 0 Å². The van der Waals surface area contributed by atoms with Gasteiger partial charge in [-0.3, -0.25) is 4.98 Å². The fourth-order valence-electron chi connectivity index (χ4n) is 3.20. The van der Waals surface area contributed by atoms with Gasteiger partial charge in [0.1, 0.15) is 18.2 Å². The first kappa shape index (κ1) is 20.9. The summed E-state index contributed by atoms with van der Waals surface area (Å²) in [6, 6.07) is 22.5. The second-order valence-electron chi connectivity index (χ2n) is 7.11. The fourth-order valence-corrected chi connectivity index (χ4v) is 3.20. The van der Waals surface area contributed by atoms with Crippen molar-refractivity contribution in [3.63, 3.8) is 0 Å². The number of hydrogen-bond acceptors (Lipinski definition) is 5. The Balaban J connectivity index is 1.33. The van der Waals surface area contributed by atoms with Gasteiger partial charge in [0.15, 0.2) is 0 Å². The molecule has 4 rings (SSSR count). The Labute approximate surface area is 186 Å². The number of carbonyl (C=O) groups excluding carboxylic acids is 1. The molecule has 0 saturated carbocycles. The van der Waals surface area contributed by atoms with Crippen molar-refractivity contribution in [3.8, 4) is 16.9 Å². The van der Waals surface area contributed by atoms with E-state index in [1.165, 1.54) is 0 Å². The molecule has 32 heavy (non-hydrogen) atoms. The standard InChI is InChI=1S/C25H23N5O2/c26-24-14-19(11-13-28-24)23-6-2-1-5-20(23)17-32-22-9-7-21(8-10-22)30-25(31)29-16-18-4-3-12-27-15-18/h1-15H,16-17H2,(H2,26,28)(H2,29,30,31). The van der Waals surface area contributed by atoms with E-state index in [2.05, 4.69) is 20.6 Å². The Morgan fingerprint density at radius 1 is 0.969 bits per heavy atom.